The lowest BCUT2D eigenvalue weighted by Gasteiger charge is -2.16. The normalized spacial score (nSPS) is 22.9. The number of rotatable bonds is 6. The highest BCUT2D eigenvalue weighted by Gasteiger charge is 2.31. The highest BCUT2D eigenvalue weighted by molar-refractivity contribution is 5.77. The van der Waals surface area contributed by atoms with Crippen molar-refractivity contribution in [3.05, 3.63) is 35.9 Å². The van der Waals surface area contributed by atoms with Gasteiger partial charge in [0.2, 0.25) is 5.91 Å². The lowest BCUT2D eigenvalue weighted by Crippen LogP contribution is -2.44. The Balaban J connectivity index is 1.77. The van der Waals surface area contributed by atoms with Crippen LogP contribution in [0, 0.1) is 0 Å². The molecule has 5 nitrogen and oxygen atoms in total. The second-order valence-electron chi connectivity index (χ2n) is 5.17. The SMILES string of the molecule is COCC(=O)N[C@@H]1CN(CCc2ccccc2)C[C@H]1O. The van der Waals surface area contributed by atoms with Gasteiger partial charge in [-0.15, -0.1) is 0 Å². The van der Waals surface area contributed by atoms with Gasteiger partial charge in [0.1, 0.15) is 6.61 Å². The number of nitrogens with one attached hydrogen (secondary N) is 1. The molecule has 20 heavy (non-hydrogen) atoms. The summed E-state index contributed by atoms with van der Waals surface area (Å²) in [6.07, 6.45) is 0.443. The van der Waals surface area contributed by atoms with Crippen LogP contribution in [0.4, 0.5) is 0 Å². The van der Waals surface area contributed by atoms with Crippen LogP contribution in [-0.4, -0.2) is 61.4 Å². The molecular weight excluding hydrogens is 256 g/mol. The van der Waals surface area contributed by atoms with E-state index >= 15 is 0 Å². The molecule has 1 aromatic carbocycles. The zero-order chi connectivity index (χ0) is 14.4. The first-order valence-electron chi connectivity index (χ1n) is 6.91. The van der Waals surface area contributed by atoms with E-state index in [2.05, 4.69) is 22.3 Å². The standard InChI is InChI=1S/C15H22N2O3/c1-20-11-15(19)16-13-9-17(10-14(13)18)8-7-12-5-3-2-4-6-12/h2-6,13-14,18H,7-11H2,1H3,(H,16,19)/t13-,14-/m1/s1. The van der Waals surface area contributed by atoms with Crippen molar-refractivity contribution in [2.75, 3.05) is 33.4 Å². The third kappa shape index (κ3) is 4.30. The quantitative estimate of drug-likeness (QED) is 0.771. The second-order valence-corrected chi connectivity index (χ2v) is 5.17. The predicted octanol–water partition coefficient (Wildman–Crippen LogP) is 0.0368. The Hall–Kier alpha value is -1.43. The summed E-state index contributed by atoms with van der Waals surface area (Å²) in [5, 5.41) is 12.8. The van der Waals surface area contributed by atoms with E-state index < -0.39 is 6.10 Å². The Morgan fingerprint density at radius 2 is 2.15 bits per heavy atom. The maximum absolute atomic E-state index is 11.5. The van der Waals surface area contributed by atoms with Gasteiger partial charge in [0.25, 0.3) is 0 Å². The molecule has 0 aliphatic carbocycles. The molecule has 0 bridgehead atoms. The van der Waals surface area contributed by atoms with Gasteiger partial charge in [-0.2, -0.15) is 0 Å². The van der Waals surface area contributed by atoms with Crippen molar-refractivity contribution in [2.24, 2.45) is 0 Å². The van der Waals surface area contributed by atoms with Gasteiger partial charge in [0.05, 0.1) is 12.1 Å². The summed E-state index contributed by atoms with van der Waals surface area (Å²) < 4.78 is 4.77. The lowest BCUT2D eigenvalue weighted by molar-refractivity contribution is -0.125. The largest absolute Gasteiger partial charge is 0.390 e. The number of carbonyl (C=O) groups is 1. The average molecular weight is 278 g/mol. The van der Waals surface area contributed by atoms with Crippen molar-refractivity contribution in [3.63, 3.8) is 0 Å². The second kappa shape index (κ2) is 7.38. The highest BCUT2D eigenvalue weighted by atomic mass is 16.5. The van der Waals surface area contributed by atoms with Crippen LogP contribution in [0.25, 0.3) is 0 Å². The molecule has 1 saturated heterocycles. The molecule has 0 radical (unpaired) electrons. The minimum atomic E-state index is -0.508. The number of nitrogens with zero attached hydrogens (tertiary/aromatic N) is 1. The van der Waals surface area contributed by atoms with Crippen molar-refractivity contribution in [2.45, 2.75) is 18.6 Å². The number of ether oxygens (including phenoxy) is 1. The van der Waals surface area contributed by atoms with Crippen molar-refractivity contribution < 1.29 is 14.6 Å². The fourth-order valence-electron chi connectivity index (χ4n) is 2.50. The zero-order valence-electron chi connectivity index (χ0n) is 11.8. The number of hydrogen-bond donors (Lipinski definition) is 2. The van der Waals surface area contributed by atoms with Crippen molar-refractivity contribution in [1.82, 2.24) is 10.2 Å². The molecule has 0 spiro atoms. The van der Waals surface area contributed by atoms with Crippen LogP contribution in [0.2, 0.25) is 0 Å². The summed E-state index contributed by atoms with van der Waals surface area (Å²) in [5.41, 5.74) is 1.29. The molecule has 2 atom stereocenters. The van der Waals surface area contributed by atoms with Gasteiger partial charge in [-0.25, -0.2) is 0 Å². The van der Waals surface area contributed by atoms with Crippen LogP contribution < -0.4 is 5.32 Å². The summed E-state index contributed by atoms with van der Waals surface area (Å²) >= 11 is 0. The van der Waals surface area contributed by atoms with Crippen molar-refractivity contribution >= 4 is 5.91 Å². The minimum Gasteiger partial charge on any atom is -0.390 e. The number of carbonyl (C=O) groups excluding carboxylic acids is 1. The molecule has 2 rings (SSSR count). The number of likely N-dealkylation sites (tertiary alicyclic amines) is 1. The molecular formula is C15H22N2O3. The van der Waals surface area contributed by atoms with Crippen LogP contribution >= 0.6 is 0 Å². The maximum atomic E-state index is 11.5. The lowest BCUT2D eigenvalue weighted by atomic mass is 10.1. The molecule has 2 N–H and O–H groups in total. The Kier molecular flexibility index (Phi) is 5.52. The topological polar surface area (TPSA) is 61.8 Å². The van der Waals surface area contributed by atoms with Crippen LogP contribution in [-0.2, 0) is 16.0 Å². The number of β-amino-alcohol motifs (C(OH)–C–C–N with tert-alkyl or cyclic N) is 1. The van der Waals surface area contributed by atoms with Crippen molar-refractivity contribution in [3.8, 4) is 0 Å². The molecule has 1 aliphatic rings. The number of hydrogen-bond acceptors (Lipinski definition) is 4. The first kappa shape index (κ1) is 15.0. The van der Waals surface area contributed by atoms with Crippen LogP contribution in [0.15, 0.2) is 30.3 Å². The van der Waals surface area contributed by atoms with E-state index in [4.69, 9.17) is 4.74 Å². The first-order chi connectivity index (χ1) is 9.69. The Labute approximate surface area is 119 Å². The van der Waals surface area contributed by atoms with Gasteiger partial charge in [0.15, 0.2) is 0 Å². The molecule has 1 aromatic rings. The van der Waals surface area contributed by atoms with Gasteiger partial charge in [-0.05, 0) is 12.0 Å². The fourth-order valence-corrected chi connectivity index (χ4v) is 2.50. The van der Waals surface area contributed by atoms with Gasteiger partial charge >= 0.3 is 0 Å². The number of aliphatic hydroxyl groups is 1. The van der Waals surface area contributed by atoms with Crippen molar-refractivity contribution in [1.29, 1.82) is 0 Å². The highest BCUT2D eigenvalue weighted by Crippen LogP contribution is 2.11. The molecule has 1 amide bonds. The number of benzene rings is 1. The molecule has 110 valence electrons. The maximum Gasteiger partial charge on any atom is 0.246 e. The molecule has 0 saturated carbocycles. The monoisotopic (exact) mass is 278 g/mol. The number of aliphatic hydroxyl groups excluding tert-OH is 1. The van der Waals surface area contributed by atoms with E-state index in [1.165, 1.54) is 12.7 Å². The Morgan fingerprint density at radius 1 is 1.40 bits per heavy atom. The molecule has 0 aromatic heterocycles. The summed E-state index contributed by atoms with van der Waals surface area (Å²) in [4.78, 5) is 13.6. The molecule has 5 heteroatoms. The van der Waals surface area contributed by atoms with Gasteiger partial charge in [-0.1, -0.05) is 30.3 Å². The molecule has 1 heterocycles. The van der Waals surface area contributed by atoms with Gasteiger partial charge in [0, 0.05) is 26.7 Å². The average Bonchev–Trinajstić information content (AvgIpc) is 2.78. The van der Waals surface area contributed by atoms with Gasteiger partial charge < -0.3 is 15.2 Å². The van der Waals surface area contributed by atoms with E-state index in [-0.39, 0.29) is 18.6 Å². The summed E-state index contributed by atoms with van der Waals surface area (Å²) in [6.45, 7) is 2.21. The van der Waals surface area contributed by atoms with Crippen LogP contribution in [0.3, 0.4) is 0 Å². The van der Waals surface area contributed by atoms with E-state index in [1.807, 2.05) is 18.2 Å². The van der Waals surface area contributed by atoms with E-state index in [0.29, 0.717) is 13.1 Å². The summed E-state index contributed by atoms with van der Waals surface area (Å²) in [7, 11) is 1.48. The third-order valence-corrected chi connectivity index (χ3v) is 3.55. The smallest absolute Gasteiger partial charge is 0.246 e. The zero-order valence-corrected chi connectivity index (χ0v) is 11.8. The Morgan fingerprint density at radius 3 is 2.85 bits per heavy atom. The minimum absolute atomic E-state index is 0.0350. The first-order valence-corrected chi connectivity index (χ1v) is 6.91. The Bertz CT molecular complexity index is 424. The molecule has 1 aliphatic heterocycles. The number of methoxy groups -OCH3 is 1. The fraction of sp³-hybridized carbons (Fsp3) is 0.533. The summed E-state index contributed by atoms with van der Waals surface area (Å²) in [5.74, 6) is -0.179. The van der Waals surface area contributed by atoms with Crippen LogP contribution in [0.5, 0.6) is 0 Å². The van der Waals surface area contributed by atoms with E-state index in [9.17, 15) is 9.90 Å². The molecule has 1 fully saturated rings. The van der Waals surface area contributed by atoms with E-state index in [0.717, 1.165) is 13.0 Å². The van der Waals surface area contributed by atoms with Crippen LogP contribution in [0.1, 0.15) is 5.56 Å². The van der Waals surface area contributed by atoms with E-state index in [1.54, 1.807) is 0 Å². The third-order valence-electron chi connectivity index (χ3n) is 3.55. The predicted molar refractivity (Wildman–Crippen MR) is 76.4 cm³/mol. The number of amides is 1. The summed E-state index contributed by atoms with van der Waals surface area (Å²) in [6, 6.07) is 10.1. The van der Waals surface area contributed by atoms with Gasteiger partial charge in [-0.3, -0.25) is 9.69 Å². The molecule has 0 unspecified atom stereocenters.